The third kappa shape index (κ3) is 4.01. The lowest BCUT2D eigenvalue weighted by atomic mass is 10.1. The van der Waals surface area contributed by atoms with E-state index in [1.807, 2.05) is 6.20 Å². The highest BCUT2D eigenvalue weighted by molar-refractivity contribution is 5.93. The highest BCUT2D eigenvalue weighted by Crippen LogP contribution is 2.29. The molecular formula is C23H29N5O. The molecule has 6 nitrogen and oxygen atoms in total. The first-order valence-corrected chi connectivity index (χ1v) is 10.6. The summed E-state index contributed by atoms with van der Waals surface area (Å²) < 4.78 is 5.46. The SMILES string of the molecule is CN1CCN(c2ccc(-c3nccc4[nH]c(CN5CCOCC5)cc34)cc2)CC1. The summed E-state index contributed by atoms with van der Waals surface area (Å²) in [6, 6.07) is 13.2. The standard InChI is InChI=1S/C23H29N5O/c1-26-8-10-28(11-9-26)20-4-2-18(3-5-20)23-21-16-19(25-22(21)6-7-24-23)17-27-12-14-29-15-13-27/h2-7,16,25H,8-15,17H2,1H3. The van der Waals surface area contributed by atoms with Gasteiger partial charge >= 0.3 is 0 Å². The number of H-pyrrole nitrogens is 1. The number of aromatic nitrogens is 2. The highest BCUT2D eigenvalue weighted by Gasteiger charge is 2.16. The van der Waals surface area contributed by atoms with Gasteiger partial charge in [-0.1, -0.05) is 12.1 Å². The molecule has 1 aromatic carbocycles. The number of hydrogen-bond acceptors (Lipinski definition) is 5. The molecular weight excluding hydrogens is 362 g/mol. The summed E-state index contributed by atoms with van der Waals surface area (Å²) in [5.74, 6) is 0. The zero-order valence-corrected chi connectivity index (χ0v) is 17.1. The van der Waals surface area contributed by atoms with Crippen molar-refractivity contribution in [3.63, 3.8) is 0 Å². The van der Waals surface area contributed by atoms with Crippen LogP contribution in [0.15, 0.2) is 42.6 Å². The maximum atomic E-state index is 5.46. The molecule has 4 heterocycles. The Kier molecular flexibility index (Phi) is 5.23. The lowest BCUT2D eigenvalue weighted by Gasteiger charge is -2.34. The van der Waals surface area contributed by atoms with Crippen molar-refractivity contribution in [2.24, 2.45) is 0 Å². The van der Waals surface area contributed by atoms with E-state index in [0.29, 0.717) is 0 Å². The fourth-order valence-electron chi connectivity index (χ4n) is 4.32. The van der Waals surface area contributed by atoms with Crippen molar-refractivity contribution in [1.29, 1.82) is 0 Å². The van der Waals surface area contributed by atoms with Crippen molar-refractivity contribution in [3.05, 3.63) is 48.3 Å². The van der Waals surface area contributed by atoms with Gasteiger partial charge in [0.2, 0.25) is 0 Å². The normalized spacial score (nSPS) is 19.1. The minimum Gasteiger partial charge on any atom is -0.379 e. The van der Waals surface area contributed by atoms with Crippen molar-refractivity contribution in [2.75, 3.05) is 64.4 Å². The number of likely N-dealkylation sites (N-methyl/N-ethyl adjacent to an activating group) is 1. The van der Waals surface area contributed by atoms with Crippen LogP contribution in [0.25, 0.3) is 22.2 Å². The fourth-order valence-corrected chi connectivity index (χ4v) is 4.32. The number of morpholine rings is 1. The van der Waals surface area contributed by atoms with Crippen LogP contribution in [-0.2, 0) is 11.3 Å². The Balaban J connectivity index is 1.38. The van der Waals surface area contributed by atoms with Crippen LogP contribution in [0.3, 0.4) is 0 Å². The number of aromatic amines is 1. The molecule has 1 N–H and O–H groups in total. The minimum absolute atomic E-state index is 0.826. The Labute approximate surface area is 172 Å². The molecule has 0 unspecified atom stereocenters. The van der Waals surface area contributed by atoms with E-state index >= 15 is 0 Å². The molecule has 0 amide bonds. The predicted molar refractivity (Wildman–Crippen MR) is 117 cm³/mol. The Bertz CT molecular complexity index is 953. The van der Waals surface area contributed by atoms with Crippen LogP contribution in [0.2, 0.25) is 0 Å². The van der Waals surface area contributed by atoms with E-state index in [4.69, 9.17) is 9.72 Å². The number of fused-ring (bicyclic) bond motifs is 1. The van der Waals surface area contributed by atoms with Crippen LogP contribution in [0.1, 0.15) is 5.69 Å². The summed E-state index contributed by atoms with van der Waals surface area (Å²) in [5, 5.41) is 1.20. The summed E-state index contributed by atoms with van der Waals surface area (Å²) >= 11 is 0. The average molecular weight is 392 g/mol. The topological polar surface area (TPSA) is 47.6 Å². The Morgan fingerprint density at radius 2 is 1.72 bits per heavy atom. The quantitative estimate of drug-likeness (QED) is 0.741. The van der Waals surface area contributed by atoms with Crippen LogP contribution in [0, 0.1) is 0 Å². The van der Waals surface area contributed by atoms with Gasteiger partial charge in [-0.05, 0) is 31.3 Å². The monoisotopic (exact) mass is 391 g/mol. The number of anilines is 1. The molecule has 0 bridgehead atoms. The van der Waals surface area contributed by atoms with Crippen LogP contribution < -0.4 is 4.90 Å². The highest BCUT2D eigenvalue weighted by atomic mass is 16.5. The second-order valence-corrected chi connectivity index (χ2v) is 8.14. The smallest absolute Gasteiger partial charge is 0.0795 e. The molecule has 3 aromatic rings. The van der Waals surface area contributed by atoms with E-state index in [2.05, 4.69) is 63.1 Å². The Morgan fingerprint density at radius 1 is 0.966 bits per heavy atom. The number of hydrogen-bond donors (Lipinski definition) is 1. The number of nitrogens with one attached hydrogen (secondary N) is 1. The molecule has 2 fully saturated rings. The molecule has 6 heteroatoms. The average Bonchev–Trinajstić information content (AvgIpc) is 3.18. The third-order valence-corrected chi connectivity index (χ3v) is 6.11. The predicted octanol–water partition coefficient (Wildman–Crippen LogP) is 2.81. The molecule has 5 rings (SSSR count). The maximum Gasteiger partial charge on any atom is 0.0795 e. The molecule has 0 aliphatic carbocycles. The van der Waals surface area contributed by atoms with Gasteiger partial charge in [0.1, 0.15) is 0 Å². The van der Waals surface area contributed by atoms with Crippen molar-refractivity contribution < 1.29 is 4.74 Å². The van der Waals surface area contributed by atoms with Gasteiger partial charge in [0.15, 0.2) is 0 Å². The molecule has 0 radical (unpaired) electrons. The van der Waals surface area contributed by atoms with Crippen molar-refractivity contribution in [1.82, 2.24) is 19.8 Å². The van der Waals surface area contributed by atoms with Gasteiger partial charge in [-0.3, -0.25) is 9.88 Å². The molecule has 152 valence electrons. The summed E-state index contributed by atoms with van der Waals surface area (Å²) in [6.45, 7) is 9.00. The summed E-state index contributed by atoms with van der Waals surface area (Å²) in [4.78, 5) is 15.6. The number of pyridine rings is 1. The van der Waals surface area contributed by atoms with E-state index < -0.39 is 0 Å². The first-order valence-electron chi connectivity index (χ1n) is 10.6. The van der Waals surface area contributed by atoms with Gasteiger partial charge in [-0.25, -0.2) is 0 Å². The zero-order valence-electron chi connectivity index (χ0n) is 17.1. The second kappa shape index (κ2) is 8.14. The molecule has 2 aliphatic rings. The summed E-state index contributed by atoms with van der Waals surface area (Å²) in [7, 11) is 2.19. The number of piperazine rings is 1. The number of ether oxygens (including phenoxy) is 1. The lowest BCUT2D eigenvalue weighted by Crippen LogP contribution is -2.44. The minimum atomic E-state index is 0.826. The maximum absolute atomic E-state index is 5.46. The zero-order chi connectivity index (χ0) is 19.6. The van der Waals surface area contributed by atoms with Gasteiger partial charge in [-0.2, -0.15) is 0 Å². The van der Waals surface area contributed by atoms with Gasteiger partial charge in [0.05, 0.1) is 18.9 Å². The van der Waals surface area contributed by atoms with Crippen molar-refractivity contribution in [3.8, 4) is 11.3 Å². The van der Waals surface area contributed by atoms with Crippen LogP contribution in [-0.4, -0.2) is 79.3 Å². The second-order valence-electron chi connectivity index (χ2n) is 8.14. The lowest BCUT2D eigenvalue weighted by molar-refractivity contribution is 0.0337. The number of nitrogens with zero attached hydrogens (tertiary/aromatic N) is 4. The molecule has 2 saturated heterocycles. The van der Waals surface area contributed by atoms with Crippen LogP contribution in [0.5, 0.6) is 0 Å². The van der Waals surface area contributed by atoms with Gasteiger partial charge in [0.25, 0.3) is 0 Å². The first-order chi connectivity index (χ1) is 14.3. The largest absolute Gasteiger partial charge is 0.379 e. The van der Waals surface area contributed by atoms with E-state index in [1.165, 1.54) is 22.3 Å². The van der Waals surface area contributed by atoms with Crippen molar-refractivity contribution in [2.45, 2.75) is 6.54 Å². The molecule has 0 spiro atoms. The van der Waals surface area contributed by atoms with E-state index in [-0.39, 0.29) is 0 Å². The molecule has 0 atom stereocenters. The molecule has 2 aromatic heterocycles. The Morgan fingerprint density at radius 3 is 2.48 bits per heavy atom. The van der Waals surface area contributed by atoms with E-state index in [9.17, 15) is 0 Å². The van der Waals surface area contributed by atoms with E-state index in [1.54, 1.807) is 0 Å². The Hall–Kier alpha value is -2.41. The van der Waals surface area contributed by atoms with Gasteiger partial charge < -0.3 is 19.5 Å². The summed E-state index contributed by atoms with van der Waals surface area (Å²) in [5.41, 5.74) is 5.92. The van der Waals surface area contributed by atoms with Crippen LogP contribution in [0.4, 0.5) is 5.69 Å². The van der Waals surface area contributed by atoms with Crippen LogP contribution >= 0.6 is 0 Å². The van der Waals surface area contributed by atoms with Crippen molar-refractivity contribution >= 4 is 16.6 Å². The summed E-state index contributed by atoms with van der Waals surface area (Å²) in [6.07, 6.45) is 1.90. The molecule has 0 saturated carbocycles. The van der Waals surface area contributed by atoms with Gasteiger partial charge in [-0.15, -0.1) is 0 Å². The number of rotatable bonds is 4. The molecule has 2 aliphatic heterocycles. The van der Waals surface area contributed by atoms with Gasteiger partial charge in [0, 0.05) is 79.9 Å². The third-order valence-electron chi connectivity index (χ3n) is 6.11. The van der Waals surface area contributed by atoms with E-state index in [0.717, 1.165) is 70.2 Å². The first kappa shape index (κ1) is 18.6. The fraction of sp³-hybridized carbons (Fsp3) is 0.435. The molecule has 29 heavy (non-hydrogen) atoms. The number of benzene rings is 1.